The maximum atomic E-state index is 12.9. The zero-order valence-corrected chi connectivity index (χ0v) is 19.0. The Balaban J connectivity index is 1.36. The largest absolute Gasteiger partial charge is 0.370 e. The minimum Gasteiger partial charge on any atom is -0.370 e. The van der Waals surface area contributed by atoms with Gasteiger partial charge in [-0.1, -0.05) is 0 Å². The van der Waals surface area contributed by atoms with Gasteiger partial charge in [-0.2, -0.15) is 4.31 Å². The number of hydrogen-bond donors (Lipinski definition) is 2. The zero-order chi connectivity index (χ0) is 22.3. The van der Waals surface area contributed by atoms with Gasteiger partial charge in [0.15, 0.2) is 0 Å². The Kier molecular flexibility index (Phi) is 5.44. The lowest BCUT2D eigenvalue weighted by Crippen LogP contribution is -2.27. The molecule has 2 saturated heterocycles. The van der Waals surface area contributed by atoms with E-state index in [4.69, 9.17) is 4.74 Å². The third-order valence-corrected chi connectivity index (χ3v) is 9.13. The van der Waals surface area contributed by atoms with E-state index >= 15 is 0 Å². The minimum absolute atomic E-state index is 0.0115. The van der Waals surface area contributed by atoms with Crippen molar-refractivity contribution in [3.8, 4) is 0 Å². The molecule has 3 aromatic rings. The van der Waals surface area contributed by atoms with Gasteiger partial charge in [0.1, 0.15) is 11.9 Å². The molecule has 1 atom stereocenters. The van der Waals surface area contributed by atoms with E-state index in [0.717, 1.165) is 37.0 Å². The van der Waals surface area contributed by atoms with Crippen molar-refractivity contribution >= 4 is 36.8 Å². The van der Waals surface area contributed by atoms with E-state index < -0.39 is 20.0 Å². The number of aromatic nitrogens is 2. The lowest BCUT2D eigenvalue weighted by atomic mass is 10.2. The lowest BCUT2D eigenvalue weighted by molar-refractivity contribution is 0.106. The normalized spacial score (nSPS) is 20.2. The highest BCUT2D eigenvalue weighted by molar-refractivity contribution is 7.92. The Hall–Kier alpha value is -2.47. The van der Waals surface area contributed by atoms with E-state index in [9.17, 15) is 16.8 Å². The molecule has 0 aliphatic carbocycles. The van der Waals surface area contributed by atoms with Gasteiger partial charge in [-0.15, -0.1) is 0 Å². The second-order valence-corrected chi connectivity index (χ2v) is 11.7. The number of nitrogens with one attached hydrogen (secondary N) is 2. The number of fused-ring (bicyclic) bond motifs is 1. The molecule has 0 bridgehead atoms. The van der Waals surface area contributed by atoms with Crippen molar-refractivity contribution in [1.82, 2.24) is 14.3 Å². The van der Waals surface area contributed by atoms with Gasteiger partial charge in [0.05, 0.1) is 26.5 Å². The number of benzene rings is 2. The summed E-state index contributed by atoms with van der Waals surface area (Å²) < 4.78 is 60.6. The van der Waals surface area contributed by atoms with Crippen molar-refractivity contribution < 1.29 is 21.6 Å². The molecule has 0 spiro atoms. The van der Waals surface area contributed by atoms with Crippen molar-refractivity contribution in [2.24, 2.45) is 0 Å². The van der Waals surface area contributed by atoms with E-state index in [1.807, 2.05) is 0 Å². The highest BCUT2D eigenvalue weighted by Gasteiger charge is 2.27. The summed E-state index contributed by atoms with van der Waals surface area (Å²) in [4.78, 5) is 7.83. The van der Waals surface area contributed by atoms with E-state index in [-0.39, 0.29) is 15.9 Å². The monoisotopic (exact) mass is 476 g/mol. The number of nitrogens with zero attached hydrogens (tertiary/aromatic N) is 2. The molecule has 1 aromatic heterocycles. The topological polar surface area (TPSA) is 121 Å². The Bertz CT molecular complexity index is 1340. The third kappa shape index (κ3) is 4.01. The van der Waals surface area contributed by atoms with Gasteiger partial charge in [0.2, 0.25) is 10.0 Å². The molecule has 11 heteroatoms. The second-order valence-electron chi connectivity index (χ2n) is 8.04. The van der Waals surface area contributed by atoms with Crippen molar-refractivity contribution in [2.75, 3.05) is 24.4 Å². The van der Waals surface area contributed by atoms with Gasteiger partial charge in [-0.25, -0.2) is 21.8 Å². The average Bonchev–Trinajstić information content (AvgIpc) is 3.54. The highest BCUT2D eigenvalue weighted by atomic mass is 32.2. The summed E-state index contributed by atoms with van der Waals surface area (Å²) >= 11 is 0. The molecule has 1 unspecified atom stereocenters. The van der Waals surface area contributed by atoms with Crippen LogP contribution in [-0.2, 0) is 24.8 Å². The van der Waals surface area contributed by atoms with Crippen LogP contribution in [0.15, 0.2) is 52.3 Å². The molecule has 2 aliphatic rings. The molecule has 0 amide bonds. The van der Waals surface area contributed by atoms with Crippen LogP contribution in [0.4, 0.5) is 5.69 Å². The van der Waals surface area contributed by atoms with Crippen LogP contribution in [0.1, 0.15) is 37.6 Å². The first-order valence-corrected chi connectivity index (χ1v) is 13.5. The van der Waals surface area contributed by atoms with Crippen LogP contribution < -0.4 is 4.72 Å². The second kappa shape index (κ2) is 8.14. The van der Waals surface area contributed by atoms with Gasteiger partial charge in [0.25, 0.3) is 10.0 Å². The summed E-state index contributed by atoms with van der Waals surface area (Å²) in [6.45, 7) is 1.70. The van der Waals surface area contributed by atoms with Crippen LogP contribution in [0.25, 0.3) is 11.0 Å². The molecule has 2 fully saturated rings. The molecule has 3 heterocycles. The molecule has 0 saturated carbocycles. The predicted molar refractivity (Wildman–Crippen MR) is 119 cm³/mol. The van der Waals surface area contributed by atoms with E-state index in [1.54, 1.807) is 18.2 Å². The summed E-state index contributed by atoms with van der Waals surface area (Å²) in [5.74, 6) is 0.743. The number of rotatable bonds is 6. The van der Waals surface area contributed by atoms with Gasteiger partial charge >= 0.3 is 0 Å². The maximum Gasteiger partial charge on any atom is 0.261 e. The Morgan fingerprint density at radius 1 is 0.969 bits per heavy atom. The number of imidazole rings is 1. The van der Waals surface area contributed by atoms with Gasteiger partial charge in [-0.3, -0.25) is 4.72 Å². The number of H-pyrrole nitrogens is 1. The first-order chi connectivity index (χ1) is 15.3. The first-order valence-electron chi connectivity index (χ1n) is 10.6. The lowest BCUT2D eigenvalue weighted by Gasteiger charge is -2.15. The smallest absolute Gasteiger partial charge is 0.261 e. The molecule has 2 aromatic carbocycles. The Morgan fingerprint density at radius 2 is 1.69 bits per heavy atom. The molecular weight excluding hydrogens is 452 g/mol. The standard InChI is InChI=1S/C21H24N4O5S2/c26-31(27,16-6-8-17(9-7-16)32(28,29)25-11-1-2-12-25)24-15-5-10-18-19(14-15)23-21(22-18)20-4-3-13-30-20/h5-10,14,20,24H,1-4,11-13H2,(H,22,23). The SMILES string of the molecule is O=S(=O)(Nc1ccc2nc(C3CCCO3)[nH]c2c1)c1ccc(S(=O)(=O)N2CCCC2)cc1. The van der Waals surface area contributed by atoms with Crippen molar-refractivity contribution in [1.29, 1.82) is 0 Å². The summed E-state index contributed by atoms with van der Waals surface area (Å²) in [7, 11) is -7.48. The summed E-state index contributed by atoms with van der Waals surface area (Å²) in [6, 6.07) is 10.4. The summed E-state index contributed by atoms with van der Waals surface area (Å²) in [5, 5.41) is 0. The molecule has 2 N–H and O–H groups in total. The van der Waals surface area contributed by atoms with Crippen molar-refractivity contribution in [2.45, 2.75) is 41.6 Å². The molecule has 2 aliphatic heterocycles. The number of hydrogen-bond acceptors (Lipinski definition) is 6. The van der Waals surface area contributed by atoms with Crippen molar-refractivity contribution in [3.05, 3.63) is 48.3 Å². The molecule has 5 rings (SSSR count). The molecule has 0 radical (unpaired) electrons. The zero-order valence-electron chi connectivity index (χ0n) is 17.3. The Morgan fingerprint density at radius 3 is 2.38 bits per heavy atom. The van der Waals surface area contributed by atoms with Crippen LogP contribution in [-0.4, -0.2) is 50.8 Å². The highest BCUT2D eigenvalue weighted by Crippen LogP contribution is 2.29. The van der Waals surface area contributed by atoms with Crippen LogP contribution in [0, 0.1) is 0 Å². The minimum atomic E-state index is -3.89. The van der Waals surface area contributed by atoms with Crippen LogP contribution in [0.2, 0.25) is 0 Å². The molecule has 9 nitrogen and oxygen atoms in total. The van der Waals surface area contributed by atoms with Crippen LogP contribution >= 0.6 is 0 Å². The van der Waals surface area contributed by atoms with E-state index in [0.29, 0.717) is 30.9 Å². The first kappa shape index (κ1) is 21.4. The number of ether oxygens (including phenoxy) is 1. The van der Waals surface area contributed by atoms with E-state index in [1.165, 1.54) is 28.6 Å². The van der Waals surface area contributed by atoms with Gasteiger partial charge in [0, 0.05) is 19.7 Å². The van der Waals surface area contributed by atoms with Crippen LogP contribution in [0.5, 0.6) is 0 Å². The quantitative estimate of drug-likeness (QED) is 0.564. The number of sulfonamides is 2. The number of aromatic amines is 1. The fourth-order valence-electron chi connectivity index (χ4n) is 4.12. The Labute approximate surface area is 186 Å². The van der Waals surface area contributed by atoms with Gasteiger partial charge in [-0.05, 0) is 68.1 Å². The molecular formula is C21H24N4O5S2. The van der Waals surface area contributed by atoms with E-state index in [2.05, 4.69) is 14.7 Å². The fraction of sp³-hybridized carbons (Fsp3) is 0.381. The molecule has 32 heavy (non-hydrogen) atoms. The predicted octanol–water partition coefficient (Wildman–Crippen LogP) is 3.00. The van der Waals surface area contributed by atoms with Gasteiger partial charge < -0.3 is 9.72 Å². The molecule has 170 valence electrons. The maximum absolute atomic E-state index is 12.9. The average molecular weight is 477 g/mol. The van der Waals surface area contributed by atoms with Crippen LogP contribution in [0.3, 0.4) is 0 Å². The summed E-state index contributed by atoms with van der Waals surface area (Å²) in [6.07, 6.45) is 3.52. The number of anilines is 1. The van der Waals surface area contributed by atoms with Crippen molar-refractivity contribution in [3.63, 3.8) is 0 Å². The summed E-state index contributed by atoms with van der Waals surface area (Å²) in [5.41, 5.74) is 1.83. The fourth-order valence-corrected chi connectivity index (χ4v) is 6.69. The third-order valence-electron chi connectivity index (χ3n) is 5.82.